The Balaban J connectivity index is 2.73. The highest BCUT2D eigenvalue weighted by atomic mass is 19.1. The maximum absolute atomic E-state index is 13.8. The normalized spacial score (nSPS) is 12.8. The van der Waals surface area contributed by atoms with E-state index in [9.17, 15) is 4.39 Å². The Hall–Kier alpha value is -1.09. The third-order valence-electron chi connectivity index (χ3n) is 2.81. The summed E-state index contributed by atoms with van der Waals surface area (Å²) in [6, 6.07) is 5.09. The van der Waals surface area contributed by atoms with E-state index in [0.717, 1.165) is 18.5 Å². The number of hydrogen-bond donors (Lipinski definition) is 1. The minimum Gasteiger partial charge on any atom is -0.487 e. The fourth-order valence-electron chi connectivity index (χ4n) is 1.60. The van der Waals surface area contributed by atoms with Gasteiger partial charge < -0.3 is 10.1 Å². The van der Waals surface area contributed by atoms with Gasteiger partial charge in [0.2, 0.25) is 0 Å². The summed E-state index contributed by atoms with van der Waals surface area (Å²) in [5.41, 5.74) is 0.885. The first kappa shape index (κ1) is 15.0. The highest BCUT2D eigenvalue weighted by Gasteiger charge is 2.12. The maximum Gasteiger partial charge on any atom is 0.165 e. The van der Waals surface area contributed by atoms with Crippen molar-refractivity contribution >= 4 is 0 Å². The molecule has 0 aliphatic rings. The molecule has 0 saturated carbocycles. The molecule has 0 aliphatic heterocycles. The summed E-state index contributed by atoms with van der Waals surface area (Å²) >= 11 is 0. The van der Waals surface area contributed by atoms with E-state index >= 15 is 0 Å². The molecular formula is C15H24FNO. The molecule has 1 N–H and O–H groups in total. The van der Waals surface area contributed by atoms with E-state index in [0.29, 0.717) is 18.2 Å². The number of rotatable bonds is 7. The van der Waals surface area contributed by atoms with E-state index in [-0.39, 0.29) is 11.9 Å². The van der Waals surface area contributed by atoms with Crippen LogP contribution in [0.25, 0.3) is 0 Å². The van der Waals surface area contributed by atoms with E-state index in [4.69, 9.17) is 4.74 Å². The van der Waals surface area contributed by atoms with Gasteiger partial charge in [0.1, 0.15) is 0 Å². The summed E-state index contributed by atoms with van der Waals surface area (Å²) in [5.74, 6) is 0.694. The van der Waals surface area contributed by atoms with Crippen molar-refractivity contribution in [3.8, 4) is 5.75 Å². The highest BCUT2D eigenvalue weighted by molar-refractivity contribution is 5.35. The molecule has 0 saturated heterocycles. The number of hydrogen-bond acceptors (Lipinski definition) is 2. The minimum atomic E-state index is -0.279. The van der Waals surface area contributed by atoms with Gasteiger partial charge in [-0.25, -0.2) is 4.39 Å². The Labute approximate surface area is 110 Å². The molecule has 18 heavy (non-hydrogen) atoms. The lowest BCUT2D eigenvalue weighted by molar-refractivity contribution is 0.205. The minimum absolute atomic E-state index is 0.0331. The smallest absolute Gasteiger partial charge is 0.165 e. The second kappa shape index (κ2) is 7.37. The molecule has 0 heterocycles. The fourth-order valence-corrected chi connectivity index (χ4v) is 1.60. The monoisotopic (exact) mass is 253 g/mol. The summed E-state index contributed by atoms with van der Waals surface area (Å²) in [6.45, 7) is 9.84. The third-order valence-corrected chi connectivity index (χ3v) is 2.81. The average molecular weight is 253 g/mol. The topological polar surface area (TPSA) is 21.3 Å². The zero-order chi connectivity index (χ0) is 13.5. The van der Waals surface area contributed by atoms with E-state index in [1.54, 1.807) is 6.07 Å². The molecule has 1 atom stereocenters. The van der Waals surface area contributed by atoms with Crippen molar-refractivity contribution in [2.45, 2.75) is 46.8 Å². The molecule has 1 unspecified atom stereocenters. The van der Waals surface area contributed by atoms with E-state index in [1.807, 2.05) is 19.9 Å². The van der Waals surface area contributed by atoms with Crippen LogP contribution >= 0.6 is 0 Å². The van der Waals surface area contributed by atoms with E-state index in [1.165, 1.54) is 6.07 Å². The van der Waals surface area contributed by atoms with Gasteiger partial charge >= 0.3 is 0 Å². The van der Waals surface area contributed by atoms with Gasteiger partial charge in [-0.05, 0) is 31.9 Å². The quantitative estimate of drug-likeness (QED) is 0.799. The Morgan fingerprint density at radius 1 is 1.28 bits per heavy atom. The lowest BCUT2D eigenvalue weighted by Gasteiger charge is -2.17. The second-order valence-electron chi connectivity index (χ2n) is 5.09. The van der Waals surface area contributed by atoms with Crippen molar-refractivity contribution in [3.63, 3.8) is 0 Å². The van der Waals surface area contributed by atoms with Gasteiger partial charge in [-0.1, -0.05) is 32.9 Å². The summed E-state index contributed by atoms with van der Waals surface area (Å²) in [6.07, 6.45) is 0.901. The van der Waals surface area contributed by atoms with Crippen LogP contribution in [0, 0.1) is 11.7 Å². The van der Waals surface area contributed by atoms with Crippen molar-refractivity contribution in [1.29, 1.82) is 0 Å². The number of benzene rings is 1. The molecule has 1 aromatic carbocycles. The molecule has 0 aliphatic carbocycles. The molecular weight excluding hydrogens is 229 g/mol. The lowest BCUT2D eigenvalue weighted by atomic mass is 10.1. The van der Waals surface area contributed by atoms with E-state index in [2.05, 4.69) is 19.2 Å². The first-order valence-corrected chi connectivity index (χ1v) is 6.69. The van der Waals surface area contributed by atoms with Gasteiger partial charge in [0.05, 0.1) is 6.10 Å². The molecule has 0 bridgehead atoms. The van der Waals surface area contributed by atoms with E-state index < -0.39 is 0 Å². The molecule has 1 aromatic rings. The first-order valence-electron chi connectivity index (χ1n) is 6.69. The van der Waals surface area contributed by atoms with Crippen LogP contribution in [0.1, 0.15) is 39.7 Å². The number of halogens is 1. The molecule has 102 valence electrons. The van der Waals surface area contributed by atoms with Gasteiger partial charge in [-0.15, -0.1) is 0 Å². The second-order valence-corrected chi connectivity index (χ2v) is 5.09. The van der Waals surface area contributed by atoms with Crippen LogP contribution in [0.3, 0.4) is 0 Å². The van der Waals surface area contributed by atoms with Gasteiger partial charge in [-0.2, -0.15) is 0 Å². The van der Waals surface area contributed by atoms with Crippen LogP contribution in [0.4, 0.5) is 4.39 Å². The van der Waals surface area contributed by atoms with Crippen molar-refractivity contribution in [1.82, 2.24) is 5.32 Å². The number of para-hydroxylation sites is 1. The standard InChI is InChI=1S/C15H24FNO/c1-5-12(4)18-15-13(7-6-8-14(15)16)10-17-9-11(2)3/h6-8,11-12,17H,5,9-10H2,1-4H3. The number of ether oxygens (including phenoxy) is 1. The molecule has 3 heteroatoms. The summed E-state index contributed by atoms with van der Waals surface area (Å²) < 4.78 is 19.4. The van der Waals surface area contributed by atoms with Crippen molar-refractivity contribution in [2.24, 2.45) is 5.92 Å². The van der Waals surface area contributed by atoms with Gasteiger partial charge in [0.15, 0.2) is 11.6 Å². The first-order chi connectivity index (χ1) is 8.54. The Morgan fingerprint density at radius 3 is 2.61 bits per heavy atom. The van der Waals surface area contributed by atoms with Gasteiger partial charge in [0.25, 0.3) is 0 Å². The van der Waals surface area contributed by atoms with Crippen LogP contribution in [0.2, 0.25) is 0 Å². The summed E-state index contributed by atoms with van der Waals surface area (Å²) in [7, 11) is 0. The zero-order valence-corrected chi connectivity index (χ0v) is 11.8. The van der Waals surface area contributed by atoms with Crippen LogP contribution in [0.15, 0.2) is 18.2 Å². The molecule has 0 spiro atoms. The van der Waals surface area contributed by atoms with Crippen molar-refractivity contribution in [2.75, 3.05) is 6.54 Å². The predicted molar refractivity (Wildman–Crippen MR) is 73.3 cm³/mol. The highest BCUT2D eigenvalue weighted by Crippen LogP contribution is 2.24. The van der Waals surface area contributed by atoms with Crippen LogP contribution in [-0.4, -0.2) is 12.6 Å². The fraction of sp³-hybridized carbons (Fsp3) is 0.600. The van der Waals surface area contributed by atoms with Gasteiger partial charge in [0, 0.05) is 12.1 Å². The molecule has 2 nitrogen and oxygen atoms in total. The molecule has 0 radical (unpaired) electrons. The van der Waals surface area contributed by atoms with Gasteiger partial charge in [-0.3, -0.25) is 0 Å². The maximum atomic E-state index is 13.8. The molecule has 1 rings (SSSR count). The van der Waals surface area contributed by atoms with Crippen LogP contribution in [-0.2, 0) is 6.54 Å². The van der Waals surface area contributed by atoms with Crippen molar-refractivity contribution in [3.05, 3.63) is 29.6 Å². The summed E-state index contributed by atoms with van der Waals surface area (Å²) in [4.78, 5) is 0. The molecule has 0 aromatic heterocycles. The molecule has 0 fully saturated rings. The summed E-state index contributed by atoms with van der Waals surface area (Å²) in [5, 5.41) is 3.31. The predicted octanol–water partition coefficient (Wildman–Crippen LogP) is 3.75. The molecule has 0 amide bonds. The zero-order valence-electron chi connectivity index (χ0n) is 11.8. The Bertz CT molecular complexity index is 366. The largest absolute Gasteiger partial charge is 0.487 e. The van der Waals surface area contributed by atoms with Crippen LogP contribution < -0.4 is 10.1 Å². The number of nitrogens with one attached hydrogen (secondary N) is 1. The Kier molecular flexibility index (Phi) is 6.13. The average Bonchev–Trinajstić information content (AvgIpc) is 2.32. The lowest BCUT2D eigenvalue weighted by Crippen LogP contribution is -2.20. The third kappa shape index (κ3) is 4.65. The Morgan fingerprint density at radius 2 is 2.00 bits per heavy atom. The van der Waals surface area contributed by atoms with Crippen LogP contribution in [0.5, 0.6) is 5.75 Å². The van der Waals surface area contributed by atoms with Crippen molar-refractivity contribution < 1.29 is 9.13 Å². The SMILES string of the molecule is CCC(C)Oc1c(F)cccc1CNCC(C)C.